The Labute approximate surface area is 165 Å². The molecule has 2 rings (SSSR count). The van der Waals surface area contributed by atoms with Crippen molar-refractivity contribution in [1.82, 2.24) is 0 Å². The van der Waals surface area contributed by atoms with Crippen molar-refractivity contribution in [2.45, 2.75) is 59.2 Å². The van der Waals surface area contributed by atoms with Gasteiger partial charge in [-0.1, -0.05) is 29.9 Å². The zero-order valence-corrected chi connectivity index (χ0v) is 16.9. The fourth-order valence-electron chi connectivity index (χ4n) is 3.39. The molecule has 0 aromatic carbocycles. The third kappa shape index (κ3) is 5.44. The van der Waals surface area contributed by atoms with Crippen LogP contribution >= 0.6 is 0 Å². The predicted octanol–water partition coefficient (Wildman–Crippen LogP) is 3.58. The average molecular weight is 388 g/mol. The van der Waals surface area contributed by atoms with E-state index in [-0.39, 0.29) is 12.2 Å². The second kappa shape index (κ2) is 9.53. The van der Waals surface area contributed by atoms with Crippen molar-refractivity contribution in [3.8, 4) is 0 Å². The summed E-state index contributed by atoms with van der Waals surface area (Å²) in [5.41, 5.74) is 2.73. The Morgan fingerprint density at radius 2 is 2.04 bits per heavy atom. The normalized spacial score (nSPS) is 29.6. The number of hydrogen-bond acceptors (Lipinski definition) is 6. The number of hydrogen-bond donors (Lipinski definition) is 0. The second-order valence-electron chi connectivity index (χ2n) is 7.27. The Morgan fingerprint density at radius 1 is 1.32 bits per heavy atom. The number of ether oxygens (including phenoxy) is 3. The van der Waals surface area contributed by atoms with Crippen LogP contribution in [0.1, 0.15) is 47.0 Å². The van der Waals surface area contributed by atoms with Gasteiger partial charge < -0.3 is 14.2 Å². The van der Waals surface area contributed by atoms with E-state index in [4.69, 9.17) is 14.2 Å². The molecule has 6 nitrogen and oxygen atoms in total. The van der Waals surface area contributed by atoms with Gasteiger partial charge in [-0.15, -0.1) is 0 Å². The molecule has 0 unspecified atom stereocenters. The number of carbonyl (C=O) groups excluding carboxylic acids is 3. The molecule has 0 N–H and O–H groups in total. The molecule has 0 aromatic rings. The average Bonchev–Trinajstić information content (AvgIpc) is 2.88. The largest absolute Gasteiger partial charge is 0.461 e. The lowest BCUT2D eigenvalue weighted by molar-refractivity contribution is -0.148. The summed E-state index contributed by atoms with van der Waals surface area (Å²) < 4.78 is 16.2. The zero-order chi connectivity index (χ0) is 20.8. The lowest BCUT2D eigenvalue weighted by atomic mass is 9.85. The topological polar surface area (TPSA) is 78.9 Å². The summed E-state index contributed by atoms with van der Waals surface area (Å²) in [5, 5.41) is 0. The number of esters is 3. The van der Waals surface area contributed by atoms with Crippen LogP contribution in [0, 0.1) is 5.92 Å². The van der Waals surface area contributed by atoms with E-state index in [1.54, 1.807) is 13.0 Å². The van der Waals surface area contributed by atoms with Crippen molar-refractivity contribution in [2.24, 2.45) is 5.92 Å². The smallest absolute Gasteiger partial charge is 0.337 e. The van der Waals surface area contributed by atoms with Crippen LogP contribution in [0.2, 0.25) is 0 Å². The maximum Gasteiger partial charge on any atom is 0.337 e. The first-order valence-corrected chi connectivity index (χ1v) is 9.45. The molecule has 0 amide bonds. The van der Waals surface area contributed by atoms with Crippen molar-refractivity contribution < 1.29 is 28.6 Å². The highest BCUT2D eigenvalue weighted by molar-refractivity contribution is 5.92. The maximum atomic E-state index is 12.7. The Balaban J connectivity index is 2.30. The van der Waals surface area contributed by atoms with Gasteiger partial charge in [-0.3, -0.25) is 4.79 Å². The minimum atomic E-state index is -0.609. The number of rotatable bonds is 4. The summed E-state index contributed by atoms with van der Waals surface area (Å²) in [5.74, 6) is -1.98. The minimum Gasteiger partial charge on any atom is -0.461 e. The van der Waals surface area contributed by atoms with Crippen LogP contribution in [0.15, 0.2) is 47.1 Å². The lowest BCUT2D eigenvalue weighted by Crippen LogP contribution is -2.34. The van der Waals surface area contributed by atoms with Crippen molar-refractivity contribution in [3.63, 3.8) is 0 Å². The van der Waals surface area contributed by atoms with Gasteiger partial charge in [0.25, 0.3) is 0 Å². The zero-order valence-electron chi connectivity index (χ0n) is 16.9. The van der Waals surface area contributed by atoms with E-state index in [9.17, 15) is 14.4 Å². The van der Waals surface area contributed by atoms with E-state index in [0.717, 1.165) is 24.0 Å². The van der Waals surface area contributed by atoms with Crippen molar-refractivity contribution in [1.29, 1.82) is 0 Å². The summed E-state index contributed by atoms with van der Waals surface area (Å²) in [4.78, 5) is 35.9. The molecule has 2 aliphatic rings. The Bertz CT molecular complexity index is 755. The molecule has 1 fully saturated rings. The van der Waals surface area contributed by atoms with E-state index in [1.165, 1.54) is 6.92 Å². The molecule has 1 aliphatic heterocycles. The standard InChI is InChI=1S/C22H28O6/c1-6-17(12-26-16(5)23)22(25)28-19-11-14(3)9-7-8-13(2)10-18-20(19)15(4)21(24)27-18/h6,9-10,18-20H,4,7-8,11-12H2,1-3,5H3/b13-10+,14-9+,17-6+/t18-,19-,20+/m1/s1. The SMILES string of the molecule is C=C1C(=O)O[C@@H]2/C=C(\C)CC/C=C(\C)C[C@@H](OC(=O)/C(=C/C)COC(C)=O)[C@@H]12. The van der Waals surface area contributed by atoms with Crippen molar-refractivity contribution in [2.75, 3.05) is 6.61 Å². The Kier molecular flexibility index (Phi) is 7.38. The van der Waals surface area contributed by atoms with E-state index in [2.05, 4.69) is 12.7 Å². The monoisotopic (exact) mass is 388 g/mol. The molecule has 0 saturated carbocycles. The number of carbonyl (C=O) groups is 3. The first kappa shape index (κ1) is 21.7. The van der Waals surface area contributed by atoms with E-state index in [1.807, 2.05) is 19.9 Å². The van der Waals surface area contributed by atoms with Gasteiger partial charge in [0.2, 0.25) is 0 Å². The Hall–Kier alpha value is -2.63. The molecule has 0 bridgehead atoms. The second-order valence-corrected chi connectivity index (χ2v) is 7.27. The minimum absolute atomic E-state index is 0.157. The number of allylic oxidation sites excluding steroid dienone is 3. The summed E-state index contributed by atoms with van der Waals surface area (Å²) in [6.07, 6.45) is 6.70. The molecule has 28 heavy (non-hydrogen) atoms. The number of fused-ring (bicyclic) bond motifs is 1. The molecular weight excluding hydrogens is 360 g/mol. The first-order chi connectivity index (χ1) is 13.2. The fraction of sp³-hybridized carbons (Fsp3) is 0.500. The van der Waals surface area contributed by atoms with Gasteiger partial charge >= 0.3 is 17.9 Å². The quantitative estimate of drug-likeness (QED) is 0.317. The summed E-state index contributed by atoms with van der Waals surface area (Å²) in [7, 11) is 0. The van der Waals surface area contributed by atoms with Crippen LogP contribution < -0.4 is 0 Å². The van der Waals surface area contributed by atoms with Crippen molar-refractivity contribution >= 4 is 17.9 Å². The molecule has 0 aromatic heterocycles. The van der Waals surface area contributed by atoms with Gasteiger partial charge in [0.15, 0.2) is 0 Å². The lowest BCUT2D eigenvalue weighted by Gasteiger charge is -2.27. The van der Waals surface area contributed by atoms with Gasteiger partial charge in [-0.2, -0.15) is 0 Å². The van der Waals surface area contributed by atoms with Crippen LogP contribution in [-0.4, -0.2) is 36.7 Å². The van der Waals surface area contributed by atoms with Gasteiger partial charge in [-0.05, 0) is 39.7 Å². The summed E-state index contributed by atoms with van der Waals surface area (Å²) in [6, 6.07) is 0. The highest BCUT2D eigenvalue weighted by atomic mass is 16.6. The van der Waals surface area contributed by atoms with Crippen LogP contribution in [-0.2, 0) is 28.6 Å². The van der Waals surface area contributed by atoms with Crippen LogP contribution in [0.25, 0.3) is 0 Å². The fourth-order valence-corrected chi connectivity index (χ4v) is 3.39. The Morgan fingerprint density at radius 3 is 2.68 bits per heavy atom. The molecule has 152 valence electrons. The molecule has 1 heterocycles. The van der Waals surface area contributed by atoms with E-state index >= 15 is 0 Å². The van der Waals surface area contributed by atoms with Gasteiger partial charge in [0, 0.05) is 18.9 Å². The van der Waals surface area contributed by atoms with Crippen molar-refractivity contribution in [3.05, 3.63) is 47.1 Å². The molecule has 0 spiro atoms. The van der Waals surface area contributed by atoms with E-state index < -0.39 is 36.0 Å². The molecule has 6 heteroatoms. The third-order valence-corrected chi connectivity index (χ3v) is 4.97. The third-order valence-electron chi connectivity index (χ3n) is 4.97. The van der Waals surface area contributed by atoms with Gasteiger partial charge in [-0.25, -0.2) is 9.59 Å². The molecule has 3 atom stereocenters. The molecular formula is C22H28O6. The van der Waals surface area contributed by atoms with Crippen LogP contribution in [0.5, 0.6) is 0 Å². The highest BCUT2D eigenvalue weighted by Crippen LogP contribution is 2.36. The molecule has 1 saturated heterocycles. The summed E-state index contributed by atoms with van der Waals surface area (Å²) >= 11 is 0. The van der Waals surface area contributed by atoms with Gasteiger partial charge in [0.05, 0.1) is 11.5 Å². The maximum absolute atomic E-state index is 12.7. The van der Waals surface area contributed by atoms with E-state index in [0.29, 0.717) is 12.0 Å². The first-order valence-electron chi connectivity index (χ1n) is 9.45. The molecule has 0 radical (unpaired) electrons. The highest BCUT2D eigenvalue weighted by Gasteiger charge is 2.44. The molecule has 1 aliphatic carbocycles. The summed E-state index contributed by atoms with van der Waals surface area (Å²) in [6.45, 7) is 10.6. The van der Waals surface area contributed by atoms with Crippen LogP contribution in [0.4, 0.5) is 0 Å². The predicted molar refractivity (Wildman–Crippen MR) is 104 cm³/mol. The van der Waals surface area contributed by atoms with Crippen LogP contribution in [0.3, 0.4) is 0 Å². The van der Waals surface area contributed by atoms with Gasteiger partial charge in [0.1, 0.15) is 18.8 Å².